The van der Waals surface area contributed by atoms with Gasteiger partial charge in [-0.2, -0.15) is 0 Å². The van der Waals surface area contributed by atoms with E-state index in [1.165, 1.54) is 12.1 Å². The topological polar surface area (TPSA) is 52.4 Å². The highest BCUT2D eigenvalue weighted by molar-refractivity contribution is 9.10. The predicted octanol–water partition coefficient (Wildman–Crippen LogP) is 3.39. The quantitative estimate of drug-likeness (QED) is 0.635. The molecule has 0 fully saturated rings. The van der Waals surface area contributed by atoms with E-state index in [-0.39, 0.29) is 5.56 Å². The molecule has 0 atom stereocenters. The van der Waals surface area contributed by atoms with E-state index in [0.29, 0.717) is 4.47 Å². The van der Waals surface area contributed by atoms with Gasteiger partial charge in [0.15, 0.2) is 0 Å². The maximum Gasteiger partial charge on any atom is 0.522 e. The molecular weight excluding hydrogens is 295 g/mol. The minimum absolute atomic E-state index is 0.134. The molecule has 0 heterocycles. The van der Waals surface area contributed by atoms with E-state index in [4.69, 9.17) is 0 Å². The van der Waals surface area contributed by atoms with Crippen molar-refractivity contribution >= 4 is 21.6 Å². The zero-order valence-corrected chi connectivity index (χ0v) is 9.21. The van der Waals surface area contributed by atoms with Crippen LogP contribution in [0.25, 0.3) is 0 Å². The number of nitro groups is 1. The largest absolute Gasteiger partial charge is 0.522 e. The van der Waals surface area contributed by atoms with Crippen molar-refractivity contribution in [3.8, 4) is 0 Å². The first-order valence-electron chi connectivity index (χ1n) is 3.93. The third-order valence-corrected chi connectivity index (χ3v) is 2.13. The first-order chi connectivity index (χ1) is 7.29. The van der Waals surface area contributed by atoms with Crippen molar-refractivity contribution in [3.63, 3.8) is 0 Å². The average Bonchev–Trinajstić information content (AvgIpc) is 2.14. The third kappa shape index (κ3) is 3.78. The third-order valence-electron chi connectivity index (χ3n) is 1.64. The Kier molecular flexibility index (Phi) is 3.87. The summed E-state index contributed by atoms with van der Waals surface area (Å²) in [6.07, 6.45) is -4.80. The van der Waals surface area contributed by atoms with E-state index >= 15 is 0 Å². The molecule has 1 aromatic rings. The van der Waals surface area contributed by atoms with Gasteiger partial charge < -0.3 is 0 Å². The normalized spacial score (nSPS) is 11.5. The van der Waals surface area contributed by atoms with Crippen molar-refractivity contribution in [1.82, 2.24) is 0 Å². The van der Waals surface area contributed by atoms with Crippen LogP contribution in [0.4, 0.5) is 18.9 Å². The van der Waals surface area contributed by atoms with Crippen LogP contribution in [0.2, 0.25) is 0 Å². The standard InChI is InChI=1S/C8H5BrF3NO3/c9-6-2-1-5(4-16-8(10,11)12)7(3-6)13(14)15/h1-3H,4H2. The molecule has 0 bridgehead atoms. The fraction of sp³-hybridized carbons (Fsp3) is 0.250. The molecule has 0 aromatic heterocycles. The summed E-state index contributed by atoms with van der Waals surface area (Å²) in [5.41, 5.74) is -0.552. The smallest absolute Gasteiger partial charge is 0.287 e. The van der Waals surface area contributed by atoms with Gasteiger partial charge >= 0.3 is 6.36 Å². The molecule has 0 aliphatic rings. The molecule has 4 nitrogen and oxygen atoms in total. The first-order valence-corrected chi connectivity index (χ1v) is 4.72. The second-order valence-electron chi connectivity index (χ2n) is 2.76. The SMILES string of the molecule is O=[N+]([O-])c1cc(Br)ccc1COC(F)(F)F. The molecule has 0 aliphatic carbocycles. The second-order valence-corrected chi connectivity index (χ2v) is 3.68. The van der Waals surface area contributed by atoms with Gasteiger partial charge in [-0.1, -0.05) is 15.9 Å². The van der Waals surface area contributed by atoms with Crippen LogP contribution in [0, 0.1) is 10.1 Å². The highest BCUT2D eigenvalue weighted by Crippen LogP contribution is 2.26. The van der Waals surface area contributed by atoms with Crippen LogP contribution in [0.15, 0.2) is 22.7 Å². The lowest BCUT2D eigenvalue weighted by Gasteiger charge is -2.07. The minimum atomic E-state index is -4.80. The first kappa shape index (κ1) is 12.9. The predicted molar refractivity (Wildman–Crippen MR) is 51.6 cm³/mol. The van der Waals surface area contributed by atoms with Crippen LogP contribution in [0.1, 0.15) is 5.56 Å². The molecule has 0 amide bonds. The Labute approximate surface area is 96.3 Å². The van der Waals surface area contributed by atoms with E-state index in [9.17, 15) is 23.3 Å². The Morgan fingerprint density at radius 1 is 1.44 bits per heavy atom. The lowest BCUT2D eigenvalue weighted by Crippen LogP contribution is -2.13. The van der Waals surface area contributed by atoms with E-state index in [0.717, 1.165) is 6.07 Å². The summed E-state index contributed by atoms with van der Waals surface area (Å²) in [5, 5.41) is 10.5. The Hall–Kier alpha value is -1.15. The second kappa shape index (κ2) is 4.79. The fourth-order valence-corrected chi connectivity index (χ4v) is 1.34. The highest BCUT2D eigenvalue weighted by Gasteiger charge is 2.30. The Morgan fingerprint density at radius 3 is 2.56 bits per heavy atom. The van der Waals surface area contributed by atoms with Crippen molar-refractivity contribution in [3.05, 3.63) is 38.3 Å². The number of ether oxygens (including phenoxy) is 1. The van der Waals surface area contributed by atoms with Crippen molar-refractivity contribution in [2.75, 3.05) is 0 Å². The zero-order valence-electron chi connectivity index (χ0n) is 7.62. The van der Waals surface area contributed by atoms with E-state index < -0.39 is 23.6 Å². The summed E-state index contributed by atoms with van der Waals surface area (Å²) < 4.78 is 39.2. The molecule has 0 unspecified atom stereocenters. The van der Waals surface area contributed by atoms with Gasteiger partial charge in [-0.15, -0.1) is 13.2 Å². The van der Waals surface area contributed by atoms with Crippen molar-refractivity contribution in [2.45, 2.75) is 13.0 Å². The number of alkyl halides is 3. The molecule has 0 N–H and O–H groups in total. The number of halogens is 4. The van der Waals surface area contributed by atoms with Crippen LogP contribution in [-0.2, 0) is 11.3 Å². The Balaban J connectivity index is 2.91. The minimum Gasteiger partial charge on any atom is -0.287 e. The van der Waals surface area contributed by atoms with E-state index in [1.54, 1.807) is 0 Å². The Morgan fingerprint density at radius 2 is 2.06 bits per heavy atom. The lowest BCUT2D eigenvalue weighted by molar-refractivity contribution is -0.387. The molecule has 1 rings (SSSR count). The van der Waals surface area contributed by atoms with Gasteiger partial charge in [0, 0.05) is 10.5 Å². The van der Waals surface area contributed by atoms with Crippen LogP contribution in [0.3, 0.4) is 0 Å². The molecule has 8 heteroatoms. The summed E-state index contributed by atoms with van der Waals surface area (Å²) >= 11 is 2.99. The van der Waals surface area contributed by atoms with Crippen molar-refractivity contribution in [1.29, 1.82) is 0 Å². The summed E-state index contributed by atoms with van der Waals surface area (Å²) in [7, 11) is 0. The molecule has 1 aromatic carbocycles. The number of rotatable bonds is 3. The average molecular weight is 300 g/mol. The number of hydrogen-bond acceptors (Lipinski definition) is 3. The number of nitro benzene ring substituents is 1. The maximum absolute atomic E-state index is 11.8. The van der Waals surface area contributed by atoms with E-state index in [1.807, 2.05) is 0 Å². The highest BCUT2D eigenvalue weighted by atomic mass is 79.9. The monoisotopic (exact) mass is 299 g/mol. The lowest BCUT2D eigenvalue weighted by atomic mass is 10.2. The summed E-state index contributed by atoms with van der Waals surface area (Å²) in [4.78, 5) is 9.78. The fourth-order valence-electron chi connectivity index (χ4n) is 0.989. The Bertz CT molecular complexity index is 408. The van der Waals surface area contributed by atoms with E-state index in [2.05, 4.69) is 20.7 Å². The summed E-state index contributed by atoms with van der Waals surface area (Å²) in [5.74, 6) is 0. The molecule has 0 radical (unpaired) electrons. The van der Waals surface area contributed by atoms with Gasteiger partial charge in [-0.05, 0) is 12.1 Å². The molecule has 0 spiro atoms. The van der Waals surface area contributed by atoms with Gasteiger partial charge in [-0.3, -0.25) is 14.9 Å². The van der Waals surface area contributed by atoms with Gasteiger partial charge in [0.2, 0.25) is 0 Å². The molecular formula is C8H5BrF3NO3. The van der Waals surface area contributed by atoms with Crippen LogP contribution < -0.4 is 0 Å². The summed E-state index contributed by atoms with van der Waals surface area (Å²) in [6, 6.07) is 3.73. The molecule has 0 saturated carbocycles. The van der Waals surface area contributed by atoms with Gasteiger partial charge in [0.05, 0.1) is 17.1 Å². The molecule has 88 valence electrons. The number of nitrogens with zero attached hydrogens (tertiary/aromatic N) is 1. The molecule has 16 heavy (non-hydrogen) atoms. The van der Waals surface area contributed by atoms with Crippen molar-refractivity contribution < 1.29 is 22.8 Å². The van der Waals surface area contributed by atoms with Crippen LogP contribution in [0.5, 0.6) is 0 Å². The molecule has 0 aliphatic heterocycles. The maximum atomic E-state index is 11.8. The van der Waals surface area contributed by atoms with Gasteiger partial charge in [-0.25, -0.2) is 0 Å². The number of hydrogen-bond donors (Lipinski definition) is 0. The number of benzene rings is 1. The van der Waals surface area contributed by atoms with Gasteiger partial charge in [0.1, 0.15) is 0 Å². The van der Waals surface area contributed by atoms with Crippen molar-refractivity contribution in [2.24, 2.45) is 0 Å². The van der Waals surface area contributed by atoms with Gasteiger partial charge in [0.25, 0.3) is 5.69 Å². The zero-order chi connectivity index (χ0) is 12.3. The van der Waals surface area contributed by atoms with Crippen LogP contribution in [-0.4, -0.2) is 11.3 Å². The molecule has 0 saturated heterocycles. The van der Waals surface area contributed by atoms with Crippen LogP contribution >= 0.6 is 15.9 Å². The summed E-state index contributed by atoms with van der Waals surface area (Å²) in [6.45, 7) is -0.882.